The average Bonchev–Trinajstić information content (AvgIpc) is 2.83. The highest BCUT2D eigenvalue weighted by Crippen LogP contribution is 2.62. The minimum atomic E-state index is -4.46. The second-order valence-electron chi connectivity index (χ2n) is 7.80. The van der Waals surface area contributed by atoms with Crippen LogP contribution < -0.4 is 4.72 Å². The normalized spacial score (nSPS) is 14.7. The second kappa shape index (κ2) is 12.1. The summed E-state index contributed by atoms with van der Waals surface area (Å²) in [6.07, 6.45) is 0. The van der Waals surface area contributed by atoms with Crippen molar-refractivity contribution in [1.82, 2.24) is 4.72 Å². The molecule has 0 saturated carbocycles. The summed E-state index contributed by atoms with van der Waals surface area (Å²) < 4.78 is 59.2. The van der Waals surface area contributed by atoms with Crippen LogP contribution in [0.4, 0.5) is 0 Å². The minimum Gasteiger partial charge on any atom is -0.465 e. The molecule has 0 unspecified atom stereocenters. The topological polar surface area (TPSA) is 125 Å². The molecule has 2 aromatic rings. The molecule has 0 spiro atoms. The molecule has 0 saturated heterocycles. The number of nitrogens with one attached hydrogen (secondary N) is 1. The molecule has 0 aliphatic rings. The van der Waals surface area contributed by atoms with Crippen LogP contribution in [0.1, 0.15) is 43.6 Å². The second-order valence-corrected chi connectivity index (χ2v) is 11.9. The molecule has 0 heterocycles. The third kappa shape index (κ3) is 6.26. The van der Waals surface area contributed by atoms with Crippen molar-refractivity contribution in [2.24, 2.45) is 0 Å². The zero-order chi connectivity index (χ0) is 26.3. The van der Waals surface area contributed by atoms with Gasteiger partial charge in [-0.3, -0.25) is 14.2 Å². The van der Waals surface area contributed by atoms with E-state index in [0.29, 0.717) is 0 Å². The van der Waals surface area contributed by atoms with Gasteiger partial charge >= 0.3 is 13.6 Å². The first kappa shape index (κ1) is 28.9. The fraction of sp³-hybridized carbons (Fsp3) is 0.417. The standard InChI is InChI=1S/C24H32NO8PS/c1-6-31-23(27)21(25-35(29,30)20-16-14-18(4)15-17-20)24(5,34(28,32-7-2)33-8-3)22(26)19-12-10-9-11-13-19/h9-17,21,25H,6-8H2,1-5H3/t21-,24-/m1/s1. The molecule has 0 amide bonds. The summed E-state index contributed by atoms with van der Waals surface area (Å²) in [5.41, 5.74) is 0.922. The van der Waals surface area contributed by atoms with Crippen molar-refractivity contribution in [3.8, 4) is 0 Å². The van der Waals surface area contributed by atoms with Crippen molar-refractivity contribution < 1.29 is 36.4 Å². The van der Waals surface area contributed by atoms with E-state index in [9.17, 15) is 22.6 Å². The Kier molecular flexibility index (Phi) is 9.94. The lowest BCUT2D eigenvalue weighted by atomic mass is 9.91. The quantitative estimate of drug-likeness (QED) is 0.235. The number of rotatable bonds is 13. The van der Waals surface area contributed by atoms with Gasteiger partial charge in [0.05, 0.1) is 24.7 Å². The number of sulfonamides is 1. The molecular formula is C24H32NO8PS. The third-order valence-electron chi connectivity index (χ3n) is 5.35. The van der Waals surface area contributed by atoms with E-state index >= 15 is 0 Å². The summed E-state index contributed by atoms with van der Waals surface area (Å²) in [5.74, 6) is -1.89. The molecule has 0 fully saturated rings. The Labute approximate surface area is 206 Å². The van der Waals surface area contributed by atoms with Gasteiger partial charge in [0, 0.05) is 5.56 Å². The molecular weight excluding hydrogens is 493 g/mol. The molecule has 192 valence electrons. The Morgan fingerprint density at radius 3 is 1.97 bits per heavy atom. The summed E-state index contributed by atoms with van der Waals surface area (Å²) >= 11 is 0. The number of ketones is 1. The van der Waals surface area contributed by atoms with Crippen molar-refractivity contribution in [1.29, 1.82) is 0 Å². The van der Waals surface area contributed by atoms with Crippen LogP contribution >= 0.6 is 7.60 Å². The van der Waals surface area contributed by atoms with Crippen LogP contribution in [0.3, 0.4) is 0 Å². The van der Waals surface area contributed by atoms with Gasteiger partial charge in [0.1, 0.15) is 6.04 Å². The Morgan fingerprint density at radius 1 is 0.943 bits per heavy atom. The predicted molar refractivity (Wildman–Crippen MR) is 132 cm³/mol. The van der Waals surface area contributed by atoms with Crippen molar-refractivity contribution in [2.75, 3.05) is 19.8 Å². The van der Waals surface area contributed by atoms with E-state index in [1.807, 2.05) is 0 Å². The summed E-state index contributed by atoms with van der Waals surface area (Å²) in [6.45, 7) is 7.29. The van der Waals surface area contributed by atoms with Gasteiger partial charge in [-0.2, -0.15) is 4.72 Å². The number of carbonyl (C=O) groups is 2. The lowest BCUT2D eigenvalue weighted by Crippen LogP contribution is -2.60. The number of esters is 1. The van der Waals surface area contributed by atoms with Gasteiger partial charge < -0.3 is 13.8 Å². The van der Waals surface area contributed by atoms with Gasteiger partial charge in [-0.25, -0.2) is 8.42 Å². The molecule has 0 aliphatic heterocycles. The van der Waals surface area contributed by atoms with Crippen molar-refractivity contribution >= 4 is 29.4 Å². The smallest absolute Gasteiger partial charge is 0.346 e. The largest absolute Gasteiger partial charge is 0.465 e. The van der Waals surface area contributed by atoms with E-state index < -0.39 is 40.6 Å². The van der Waals surface area contributed by atoms with Gasteiger partial charge in [-0.15, -0.1) is 0 Å². The number of aryl methyl sites for hydroxylation is 1. The molecule has 2 aromatic carbocycles. The fourth-order valence-corrected chi connectivity index (χ4v) is 7.01. The summed E-state index contributed by atoms with van der Waals surface area (Å²) in [4.78, 5) is 27.0. The molecule has 0 aromatic heterocycles. The zero-order valence-electron chi connectivity index (χ0n) is 20.5. The number of hydrogen-bond acceptors (Lipinski definition) is 8. The zero-order valence-corrected chi connectivity index (χ0v) is 22.2. The maximum atomic E-state index is 14.2. The molecule has 11 heteroatoms. The van der Waals surface area contributed by atoms with E-state index in [1.54, 1.807) is 51.1 Å². The number of hydrogen-bond donors (Lipinski definition) is 1. The first-order valence-corrected chi connectivity index (χ1v) is 14.2. The Balaban J connectivity index is 2.78. The Bertz CT molecular complexity index is 1160. The fourth-order valence-electron chi connectivity index (χ4n) is 3.50. The van der Waals surface area contributed by atoms with Crippen LogP contribution in [0, 0.1) is 6.92 Å². The molecule has 0 bridgehead atoms. The van der Waals surface area contributed by atoms with Gasteiger partial charge in [-0.1, -0.05) is 48.0 Å². The Morgan fingerprint density at radius 2 is 1.49 bits per heavy atom. The number of Topliss-reactive ketones (excluding diaryl/α,β-unsaturated/α-hetero) is 1. The molecule has 9 nitrogen and oxygen atoms in total. The highest BCUT2D eigenvalue weighted by molar-refractivity contribution is 7.89. The third-order valence-corrected chi connectivity index (χ3v) is 9.59. The average molecular weight is 526 g/mol. The van der Waals surface area contributed by atoms with Crippen LogP contribution in [-0.2, 0) is 33.2 Å². The lowest BCUT2D eigenvalue weighted by Gasteiger charge is -2.39. The first-order valence-electron chi connectivity index (χ1n) is 11.2. The van der Waals surface area contributed by atoms with Crippen LogP contribution in [0.2, 0.25) is 0 Å². The van der Waals surface area contributed by atoms with E-state index in [2.05, 4.69) is 4.72 Å². The summed E-state index contributed by atoms with van der Waals surface area (Å²) in [7, 11) is -8.82. The van der Waals surface area contributed by atoms with Crippen LogP contribution in [0.25, 0.3) is 0 Å². The van der Waals surface area contributed by atoms with Gasteiger partial charge in [-0.05, 0) is 46.8 Å². The van der Waals surface area contributed by atoms with Crippen molar-refractivity contribution in [3.05, 3.63) is 65.7 Å². The Hall–Kier alpha value is -2.36. The van der Waals surface area contributed by atoms with Gasteiger partial charge in [0.2, 0.25) is 10.0 Å². The summed E-state index contributed by atoms with van der Waals surface area (Å²) in [5, 5.41) is -2.30. The van der Waals surface area contributed by atoms with Crippen molar-refractivity contribution in [2.45, 2.75) is 50.7 Å². The number of ether oxygens (including phenoxy) is 1. The summed E-state index contributed by atoms with van der Waals surface area (Å²) in [6, 6.07) is 11.8. The van der Waals surface area contributed by atoms with Crippen LogP contribution in [0.5, 0.6) is 0 Å². The maximum absolute atomic E-state index is 14.2. The van der Waals surface area contributed by atoms with E-state index in [4.69, 9.17) is 13.8 Å². The number of carbonyl (C=O) groups excluding carboxylic acids is 2. The molecule has 2 atom stereocenters. The van der Waals surface area contributed by atoms with Gasteiger partial charge in [0.25, 0.3) is 0 Å². The van der Waals surface area contributed by atoms with Gasteiger partial charge in [0.15, 0.2) is 10.9 Å². The monoisotopic (exact) mass is 525 g/mol. The molecule has 35 heavy (non-hydrogen) atoms. The SMILES string of the molecule is CCOC(=O)[C@@H](NS(=O)(=O)c1ccc(C)cc1)[C@](C)(C(=O)c1ccccc1)P(=O)(OCC)OCC. The van der Waals surface area contributed by atoms with Crippen LogP contribution in [0.15, 0.2) is 59.5 Å². The van der Waals surface area contributed by atoms with Crippen molar-refractivity contribution in [3.63, 3.8) is 0 Å². The van der Waals surface area contributed by atoms with Crippen LogP contribution in [-0.4, -0.2) is 51.2 Å². The van der Waals surface area contributed by atoms with E-state index in [0.717, 1.165) is 5.56 Å². The van der Waals surface area contributed by atoms with E-state index in [1.165, 1.54) is 38.1 Å². The first-order chi connectivity index (χ1) is 16.5. The van der Waals surface area contributed by atoms with E-state index in [-0.39, 0.29) is 30.3 Å². The number of benzene rings is 2. The molecule has 0 aliphatic carbocycles. The molecule has 0 radical (unpaired) electrons. The lowest BCUT2D eigenvalue weighted by molar-refractivity contribution is -0.145. The molecule has 1 N–H and O–H groups in total. The highest BCUT2D eigenvalue weighted by Gasteiger charge is 2.62. The predicted octanol–water partition coefficient (Wildman–Crippen LogP) is 4.11. The molecule has 2 rings (SSSR count). The minimum absolute atomic E-state index is 0.0958. The highest BCUT2D eigenvalue weighted by atomic mass is 32.2. The maximum Gasteiger partial charge on any atom is 0.346 e.